The zero-order valence-corrected chi connectivity index (χ0v) is 17.2. The topological polar surface area (TPSA) is 24.3 Å². The van der Waals surface area contributed by atoms with E-state index >= 15 is 0 Å². The lowest BCUT2D eigenvalue weighted by Crippen LogP contribution is -2.38. The Labute approximate surface area is 168 Å². The average Bonchev–Trinajstić information content (AvgIpc) is 3.04. The summed E-state index contributed by atoms with van der Waals surface area (Å²) in [5, 5.41) is 0. The van der Waals surface area contributed by atoms with Crippen LogP contribution in [0.25, 0.3) is 11.0 Å². The molecule has 1 saturated heterocycles. The number of para-hydroxylation sites is 2. The monoisotopic (exact) mass is 376 g/mol. The lowest BCUT2D eigenvalue weighted by molar-refractivity contribution is 0.154. The molecule has 0 N–H and O–H groups in total. The summed E-state index contributed by atoms with van der Waals surface area (Å²) in [5.74, 6) is 1.96. The third-order valence-corrected chi connectivity index (χ3v) is 6.16. The van der Waals surface area contributed by atoms with E-state index in [-0.39, 0.29) is 0 Å². The van der Waals surface area contributed by atoms with Crippen molar-refractivity contribution in [2.45, 2.75) is 25.8 Å². The third-order valence-electron chi connectivity index (χ3n) is 6.16. The van der Waals surface area contributed by atoms with E-state index in [0.717, 1.165) is 30.9 Å². The maximum atomic E-state index is 4.93. The second-order valence-corrected chi connectivity index (χ2v) is 8.29. The van der Waals surface area contributed by atoms with Gasteiger partial charge >= 0.3 is 0 Å². The van der Waals surface area contributed by atoms with E-state index in [9.17, 15) is 0 Å². The fourth-order valence-electron chi connectivity index (χ4n) is 4.31. The van der Waals surface area contributed by atoms with Gasteiger partial charge in [0, 0.05) is 20.1 Å². The number of imidazole rings is 1. The smallest absolute Gasteiger partial charge is 0.123 e. The molecule has 0 radical (unpaired) electrons. The number of aromatic nitrogens is 2. The summed E-state index contributed by atoms with van der Waals surface area (Å²) in [7, 11) is 4.39. The second kappa shape index (κ2) is 8.89. The van der Waals surface area contributed by atoms with Crippen molar-refractivity contribution < 1.29 is 0 Å². The number of benzene rings is 2. The highest BCUT2D eigenvalue weighted by atomic mass is 15.2. The van der Waals surface area contributed by atoms with E-state index in [0.29, 0.717) is 0 Å². The van der Waals surface area contributed by atoms with Gasteiger partial charge < -0.3 is 9.47 Å². The fourth-order valence-corrected chi connectivity index (χ4v) is 4.31. The predicted octanol–water partition coefficient (Wildman–Crippen LogP) is 3.96. The molecule has 1 aromatic heterocycles. The first kappa shape index (κ1) is 19.2. The number of aryl methyl sites for hydroxylation is 1. The summed E-state index contributed by atoms with van der Waals surface area (Å²) in [6, 6.07) is 19.3. The maximum Gasteiger partial charge on any atom is 0.123 e. The van der Waals surface area contributed by atoms with Gasteiger partial charge in [-0.05, 0) is 63.0 Å². The first-order valence-electron chi connectivity index (χ1n) is 10.5. The Morgan fingerprint density at radius 1 is 0.964 bits per heavy atom. The van der Waals surface area contributed by atoms with Crippen molar-refractivity contribution in [2.75, 3.05) is 33.2 Å². The lowest BCUT2D eigenvalue weighted by atomic mass is 9.96. The van der Waals surface area contributed by atoms with Gasteiger partial charge in [-0.15, -0.1) is 0 Å². The van der Waals surface area contributed by atoms with Crippen LogP contribution in [0.2, 0.25) is 0 Å². The summed E-state index contributed by atoms with van der Waals surface area (Å²) in [6.07, 6.45) is 3.71. The highest BCUT2D eigenvalue weighted by Gasteiger charge is 2.21. The molecule has 1 fully saturated rings. The highest BCUT2D eigenvalue weighted by Crippen LogP contribution is 2.20. The van der Waals surface area contributed by atoms with Gasteiger partial charge in [0.15, 0.2) is 0 Å². The summed E-state index contributed by atoms with van der Waals surface area (Å²) in [6.45, 7) is 5.63. The van der Waals surface area contributed by atoms with Crippen molar-refractivity contribution in [1.82, 2.24) is 19.4 Å². The molecular formula is C24H32N4. The lowest BCUT2D eigenvalue weighted by Gasteiger charge is -2.33. The van der Waals surface area contributed by atoms with Crippen molar-refractivity contribution in [3.05, 3.63) is 66.0 Å². The minimum absolute atomic E-state index is 0.793. The zero-order valence-electron chi connectivity index (χ0n) is 17.2. The van der Waals surface area contributed by atoms with Crippen LogP contribution in [0, 0.1) is 5.92 Å². The molecule has 4 nitrogen and oxygen atoms in total. The van der Waals surface area contributed by atoms with Gasteiger partial charge in [0.05, 0.1) is 17.6 Å². The molecule has 28 heavy (non-hydrogen) atoms. The van der Waals surface area contributed by atoms with Crippen LogP contribution in [0.5, 0.6) is 0 Å². The quantitative estimate of drug-likeness (QED) is 0.624. The van der Waals surface area contributed by atoms with Gasteiger partial charge in [-0.3, -0.25) is 4.90 Å². The molecule has 0 amide bonds. The Morgan fingerprint density at radius 3 is 2.43 bits per heavy atom. The van der Waals surface area contributed by atoms with Gasteiger partial charge in [-0.2, -0.15) is 0 Å². The van der Waals surface area contributed by atoms with Crippen molar-refractivity contribution in [2.24, 2.45) is 13.0 Å². The molecule has 2 aromatic carbocycles. The maximum absolute atomic E-state index is 4.93. The molecule has 4 heteroatoms. The Hall–Kier alpha value is -2.17. The molecular weight excluding hydrogens is 344 g/mol. The van der Waals surface area contributed by atoms with Gasteiger partial charge in [0.1, 0.15) is 5.82 Å². The zero-order chi connectivity index (χ0) is 19.3. The van der Waals surface area contributed by atoms with E-state index in [4.69, 9.17) is 4.98 Å². The van der Waals surface area contributed by atoms with E-state index in [2.05, 4.69) is 83.1 Å². The van der Waals surface area contributed by atoms with E-state index in [1.165, 1.54) is 49.4 Å². The van der Waals surface area contributed by atoms with Gasteiger partial charge in [0.25, 0.3) is 0 Å². The van der Waals surface area contributed by atoms with Crippen LogP contribution < -0.4 is 0 Å². The van der Waals surface area contributed by atoms with Crippen molar-refractivity contribution >= 4 is 11.0 Å². The molecule has 0 saturated carbocycles. The number of piperidine rings is 1. The molecule has 3 aromatic rings. The minimum atomic E-state index is 0.793. The van der Waals surface area contributed by atoms with Crippen molar-refractivity contribution in [3.63, 3.8) is 0 Å². The highest BCUT2D eigenvalue weighted by molar-refractivity contribution is 5.75. The molecule has 0 atom stereocenters. The predicted molar refractivity (Wildman–Crippen MR) is 116 cm³/mol. The van der Waals surface area contributed by atoms with Crippen LogP contribution in [0.3, 0.4) is 0 Å². The van der Waals surface area contributed by atoms with Gasteiger partial charge in [-0.25, -0.2) is 4.98 Å². The van der Waals surface area contributed by atoms with Crippen LogP contribution in [0.1, 0.15) is 24.2 Å². The van der Waals surface area contributed by atoms with Crippen LogP contribution in [0.15, 0.2) is 54.6 Å². The number of rotatable bonds is 7. The molecule has 0 aliphatic carbocycles. The van der Waals surface area contributed by atoms with Gasteiger partial charge in [0.2, 0.25) is 0 Å². The van der Waals surface area contributed by atoms with Crippen LogP contribution >= 0.6 is 0 Å². The number of nitrogens with zero attached hydrogens (tertiary/aromatic N) is 4. The summed E-state index contributed by atoms with van der Waals surface area (Å²) in [5.41, 5.74) is 3.74. The molecule has 2 heterocycles. The molecule has 0 unspecified atom stereocenters. The molecule has 148 valence electrons. The Bertz CT molecular complexity index is 878. The normalized spacial score (nSPS) is 16.2. The molecule has 4 rings (SSSR count). The minimum Gasteiger partial charge on any atom is -0.330 e. The van der Waals surface area contributed by atoms with E-state index in [1.807, 2.05) is 0 Å². The SMILES string of the molecule is CN1CCC(CN(CCc2ccccc2)Cc2nc3ccccc3n2C)CC1. The second-order valence-electron chi connectivity index (χ2n) is 8.29. The average molecular weight is 377 g/mol. The van der Waals surface area contributed by atoms with Gasteiger partial charge in [-0.1, -0.05) is 42.5 Å². The molecule has 1 aliphatic rings. The van der Waals surface area contributed by atoms with E-state index in [1.54, 1.807) is 0 Å². The van der Waals surface area contributed by atoms with E-state index < -0.39 is 0 Å². The van der Waals surface area contributed by atoms with Crippen molar-refractivity contribution in [3.8, 4) is 0 Å². The molecule has 0 bridgehead atoms. The summed E-state index contributed by atoms with van der Waals surface area (Å²) >= 11 is 0. The number of hydrogen-bond acceptors (Lipinski definition) is 3. The Kier molecular flexibility index (Phi) is 6.08. The summed E-state index contributed by atoms with van der Waals surface area (Å²) in [4.78, 5) is 10.0. The number of likely N-dealkylation sites (tertiary alicyclic amines) is 1. The largest absolute Gasteiger partial charge is 0.330 e. The number of fused-ring (bicyclic) bond motifs is 1. The molecule has 0 spiro atoms. The third kappa shape index (κ3) is 4.62. The van der Waals surface area contributed by atoms with Crippen LogP contribution in [0.4, 0.5) is 0 Å². The first-order chi connectivity index (χ1) is 13.7. The molecule has 1 aliphatic heterocycles. The fraction of sp³-hybridized carbons (Fsp3) is 0.458. The summed E-state index contributed by atoms with van der Waals surface area (Å²) < 4.78 is 2.26. The first-order valence-corrected chi connectivity index (χ1v) is 10.5. The standard InChI is InChI=1S/C24H32N4/c1-26-15-12-21(13-16-26)18-28(17-14-20-8-4-3-5-9-20)19-24-25-22-10-6-7-11-23(22)27(24)2/h3-11,21H,12-19H2,1-2H3. The van der Waals surface area contributed by atoms with Crippen LogP contribution in [-0.2, 0) is 20.0 Å². The number of hydrogen-bond donors (Lipinski definition) is 0. The Balaban J connectivity index is 1.48. The Morgan fingerprint density at radius 2 is 1.68 bits per heavy atom. The van der Waals surface area contributed by atoms with Crippen molar-refractivity contribution in [1.29, 1.82) is 0 Å². The van der Waals surface area contributed by atoms with Crippen LogP contribution in [-0.4, -0.2) is 52.6 Å².